The second-order valence-corrected chi connectivity index (χ2v) is 38.6. The molecule has 0 N–H and O–H groups in total. The first-order valence-corrected chi connectivity index (χ1v) is 51.0. The van der Waals surface area contributed by atoms with E-state index in [9.17, 15) is 0 Å². The minimum Gasteiger partial charge on any atom is -0.307 e. The quantitative estimate of drug-likeness (QED) is 0.119. The number of rotatable bonds is 11. The lowest BCUT2D eigenvalue weighted by molar-refractivity contribution is 1.08. The van der Waals surface area contributed by atoms with Crippen molar-refractivity contribution < 1.29 is 0 Å². The van der Waals surface area contributed by atoms with E-state index in [1.165, 1.54) is 108 Å². The maximum Gasteiger partial charge on any atom is 0.165 e. The van der Waals surface area contributed by atoms with Gasteiger partial charge >= 0.3 is 0 Å². The standard InChI is InChI=1S/C50H30N4.2C44H28N4/c1-2-14-31(15-3-1)47-50(52-44-23-11-10-22-43(44)51-47)54-46-25-13-9-21-39(46)41-29-28-40-38-20-8-12-24-45(38)53(48(40)49(41)54)32-26-27-37-35-18-5-4-16-33(35)34-17-6-7-19-36(34)42(37)30-32;1-4-14-29(15-5-1)31-24-27-37-38(28-31)45-41(30-16-6-2-7-17-30)44(46-37)48-40-23-13-11-21-34(40)36-26-25-35-33-20-10-12-22-39(33)47(42(35)43(36)48)32-18-8-3-9-19-32;1-4-14-29(15-5-1)31-24-27-37-38(28-31)46-44(41(45-37)30-16-6-2-7-17-30)48-40-23-13-11-21-34(40)36-26-25-35-33-20-10-12-22-39(33)47(42(35)43(36)48)32-18-8-3-9-19-32/h1-30H;2*1-28H. The van der Waals surface area contributed by atoms with Crippen LogP contribution in [0.25, 0.3) is 287 Å². The van der Waals surface area contributed by atoms with Gasteiger partial charge in [-0.3, -0.25) is 13.7 Å². The van der Waals surface area contributed by atoms with Crippen LogP contribution in [0.3, 0.4) is 0 Å². The average molecular weight is 1910 g/mol. The fourth-order valence-electron chi connectivity index (χ4n) is 23.7. The third-order valence-corrected chi connectivity index (χ3v) is 30.3. The molecule has 32 rings (SSSR count). The van der Waals surface area contributed by atoms with Gasteiger partial charge in [0, 0.05) is 98.4 Å². The Morgan fingerprint density at radius 3 is 0.660 bits per heavy atom. The molecule has 0 bridgehead atoms. The van der Waals surface area contributed by atoms with Crippen LogP contribution in [0.5, 0.6) is 0 Å². The molecule has 0 spiro atoms. The van der Waals surface area contributed by atoms with Gasteiger partial charge in [0.2, 0.25) is 0 Å². The molecule has 23 aromatic carbocycles. The normalized spacial score (nSPS) is 11.9. The van der Waals surface area contributed by atoms with Crippen LogP contribution >= 0.6 is 0 Å². The summed E-state index contributed by atoms with van der Waals surface area (Å²) in [5, 5.41) is 21.9. The van der Waals surface area contributed by atoms with Crippen LogP contribution in [0.1, 0.15) is 0 Å². The molecule has 0 aliphatic carbocycles. The molecule has 0 radical (unpaired) electrons. The maximum atomic E-state index is 5.53. The third kappa shape index (κ3) is 13.6. The molecule has 9 heterocycles. The molecule has 9 aromatic heterocycles. The lowest BCUT2D eigenvalue weighted by atomic mass is 9.94. The Balaban J connectivity index is 0.000000104. The predicted octanol–water partition coefficient (Wildman–Crippen LogP) is 35.3. The van der Waals surface area contributed by atoms with Crippen LogP contribution in [0, 0.1) is 0 Å². The van der Waals surface area contributed by atoms with E-state index in [1.807, 2.05) is 42.5 Å². The molecule has 0 fully saturated rings. The summed E-state index contributed by atoms with van der Waals surface area (Å²) in [6.45, 7) is 0. The van der Waals surface area contributed by atoms with Crippen molar-refractivity contribution in [1.29, 1.82) is 0 Å². The number of hydrogen-bond donors (Lipinski definition) is 0. The molecule has 32 aromatic rings. The Bertz CT molecular complexity index is 11100. The Hall–Kier alpha value is -20.3. The highest BCUT2D eigenvalue weighted by molar-refractivity contribution is 6.30. The third-order valence-electron chi connectivity index (χ3n) is 30.3. The molecule has 12 nitrogen and oxygen atoms in total. The molecule has 698 valence electrons. The number of fused-ring (bicyclic) bond motifs is 30. The fourth-order valence-corrected chi connectivity index (χ4v) is 23.7. The molecule has 12 heteroatoms. The van der Waals surface area contributed by atoms with Crippen LogP contribution < -0.4 is 0 Å². The van der Waals surface area contributed by atoms with Crippen molar-refractivity contribution >= 4 is 196 Å². The van der Waals surface area contributed by atoms with Gasteiger partial charge in [-0.25, -0.2) is 29.9 Å². The highest BCUT2D eigenvalue weighted by Gasteiger charge is 2.31. The summed E-state index contributed by atoms with van der Waals surface area (Å²) in [5.74, 6) is 2.43. The number of benzene rings is 23. The summed E-state index contributed by atoms with van der Waals surface area (Å²) in [6.07, 6.45) is 0. The first-order valence-electron chi connectivity index (χ1n) is 51.0. The number of hydrogen-bond acceptors (Lipinski definition) is 6. The summed E-state index contributed by atoms with van der Waals surface area (Å²) >= 11 is 0. The largest absolute Gasteiger partial charge is 0.307 e. The smallest absolute Gasteiger partial charge is 0.165 e. The van der Waals surface area contributed by atoms with Gasteiger partial charge in [0.1, 0.15) is 17.1 Å². The Morgan fingerprint density at radius 2 is 0.327 bits per heavy atom. The van der Waals surface area contributed by atoms with Gasteiger partial charge in [-0.05, 0) is 164 Å². The van der Waals surface area contributed by atoms with Gasteiger partial charge in [0.15, 0.2) is 17.5 Å². The van der Waals surface area contributed by atoms with Gasteiger partial charge in [-0.1, -0.05) is 413 Å². The van der Waals surface area contributed by atoms with Crippen LogP contribution in [-0.4, -0.2) is 57.3 Å². The number of nitrogens with zero attached hydrogens (tertiary/aromatic N) is 12. The van der Waals surface area contributed by atoms with E-state index in [0.717, 1.165) is 179 Å². The molecule has 150 heavy (non-hydrogen) atoms. The van der Waals surface area contributed by atoms with Crippen molar-refractivity contribution in [2.45, 2.75) is 0 Å². The maximum absolute atomic E-state index is 5.53. The molecule has 0 amide bonds. The van der Waals surface area contributed by atoms with Gasteiger partial charge in [-0.15, -0.1) is 0 Å². The molecular weight excluding hydrogens is 1830 g/mol. The zero-order chi connectivity index (χ0) is 98.5. The van der Waals surface area contributed by atoms with Gasteiger partial charge in [0.25, 0.3) is 0 Å². The fraction of sp³-hybridized carbons (Fsp3) is 0. The summed E-state index contributed by atoms with van der Waals surface area (Å²) < 4.78 is 14.4. The van der Waals surface area contributed by atoms with Gasteiger partial charge in [0.05, 0.1) is 99.3 Å². The van der Waals surface area contributed by atoms with E-state index in [2.05, 4.69) is 507 Å². The topological polar surface area (TPSA) is 107 Å². The number of aromatic nitrogens is 12. The van der Waals surface area contributed by atoms with E-state index in [4.69, 9.17) is 29.9 Å². The number of para-hydroxylation sites is 10. The van der Waals surface area contributed by atoms with Crippen molar-refractivity contribution in [3.63, 3.8) is 0 Å². The summed E-state index contributed by atoms with van der Waals surface area (Å²) in [7, 11) is 0. The lowest BCUT2D eigenvalue weighted by Gasteiger charge is -2.16. The van der Waals surface area contributed by atoms with E-state index >= 15 is 0 Å². The summed E-state index contributed by atoms with van der Waals surface area (Å²) in [6, 6.07) is 185. The lowest BCUT2D eigenvalue weighted by Crippen LogP contribution is -2.05. The van der Waals surface area contributed by atoms with Crippen molar-refractivity contribution in [2.24, 2.45) is 0 Å². The average Bonchev–Trinajstić information content (AvgIpc) is 1.54. The molecule has 0 saturated carbocycles. The van der Waals surface area contributed by atoms with E-state index in [1.54, 1.807) is 0 Å². The summed E-state index contributed by atoms with van der Waals surface area (Å²) in [4.78, 5) is 32.6. The van der Waals surface area contributed by atoms with Gasteiger partial charge in [-0.2, -0.15) is 0 Å². The molecule has 0 saturated heterocycles. The molecular formula is C138H86N12. The van der Waals surface area contributed by atoms with Crippen LogP contribution in [0.2, 0.25) is 0 Å². The van der Waals surface area contributed by atoms with Crippen LogP contribution in [0.15, 0.2) is 522 Å². The predicted molar refractivity (Wildman–Crippen MR) is 624 cm³/mol. The SMILES string of the molecule is c1ccc(-c2ccc3nc(-c4ccccc4)c(-n4c5ccccc5c5ccc6c7ccccc7n(-c7ccccc7)c6c54)nc3c2)cc1.c1ccc(-c2ccc3nc(-n4c5ccccc5c5ccc6c7ccccc7n(-c7ccccc7)c6c54)c(-c4ccccc4)nc3c2)cc1.c1ccc(-c2nc3ccccc3nc2-n2c3ccccc3c3ccc4c5ccccc5n(-c5ccc6c7ccccc7c7ccccc7c6c5)c4c32)cc1. The van der Waals surface area contributed by atoms with E-state index in [-0.39, 0.29) is 0 Å². The van der Waals surface area contributed by atoms with Crippen molar-refractivity contribution in [2.75, 3.05) is 0 Å². The monoisotopic (exact) mass is 1910 g/mol. The van der Waals surface area contributed by atoms with E-state index in [0.29, 0.717) is 0 Å². The van der Waals surface area contributed by atoms with Crippen molar-refractivity contribution in [3.05, 3.63) is 522 Å². The minimum atomic E-state index is 0.808. The van der Waals surface area contributed by atoms with Crippen molar-refractivity contribution in [3.8, 4) is 90.5 Å². The zero-order valence-electron chi connectivity index (χ0n) is 81.0. The Kier molecular flexibility index (Phi) is 19.7. The van der Waals surface area contributed by atoms with Crippen LogP contribution in [0.4, 0.5) is 0 Å². The molecule has 0 atom stereocenters. The highest BCUT2D eigenvalue weighted by atomic mass is 15.1. The zero-order valence-corrected chi connectivity index (χ0v) is 81.0. The summed E-state index contributed by atoms with van der Waals surface area (Å²) in [5.41, 5.74) is 32.2. The molecule has 0 aliphatic rings. The van der Waals surface area contributed by atoms with Gasteiger partial charge < -0.3 is 13.7 Å². The molecule has 0 aliphatic heterocycles. The highest BCUT2D eigenvalue weighted by Crippen LogP contribution is 2.50. The van der Waals surface area contributed by atoms with E-state index < -0.39 is 0 Å². The minimum absolute atomic E-state index is 0.808. The second kappa shape index (κ2) is 34.7. The Labute approximate surface area is 859 Å². The van der Waals surface area contributed by atoms with Crippen molar-refractivity contribution in [1.82, 2.24) is 57.3 Å². The first-order chi connectivity index (χ1) is 74.5. The van der Waals surface area contributed by atoms with Crippen LogP contribution in [-0.2, 0) is 0 Å². The molecule has 0 unspecified atom stereocenters. The second-order valence-electron chi connectivity index (χ2n) is 38.6. The Morgan fingerprint density at radius 1 is 0.113 bits per heavy atom. The first kappa shape index (κ1) is 85.3.